The molecule has 1 heterocycles. The molecule has 0 amide bonds. The van der Waals surface area contributed by atoms with Crippen LogP contribution in [0.4, 0.5) is 0 Å². The molecule has 5 heteroatoms. The number of ether oxygens (including phenoxy) is 1. The van der Waals surface area contributed by atoms with Crippen molar-refractivity contribution in [2.75, 3.05) is 0 Å². The van der Waals surface area contributed by atoms with Gasteiger partial charge in [-0.3, -0.25) is 0 Å². The van der Waals surface area contributed by atoms with Gasteiger partial charge in [0.15, 0.2) is 5.60 Å². The van der Waals surface area contributed by atoms with Crippen molar-refractivity contribution in [1.82, 2.24) is 0 Å². The third-order valence-electron chi connectivity index (χ3n) is 4.86. The van der Waals surface area contributed by atoms with Crippen LogP contribution in [0, 0.1) is 6.92 Å². The maximum absolute atomic E-state index is 12.8. The molecule has 0 aliphatic carbocycles. The van der Waals surface area contributed by atoms with Crippen molar-refractivity contribution in [3.05, 3.63) is 95.1 Å². The van der Waals surface area contributed by atoms with Gasteiger partial charge in [0.1, 0.15) is 10.6 Å². The van der Waals surface area contributed by atoms with Gasteiger partial charge in [-0.25, -0.2) is 4.18 Å². The maximum atomic E-state index is 12.8. The molecule has 0 saturated carbocycles. The fraction of sp³-hybridized carbons (Fsp3) is 0.217. The topological polar surface area (TPSA) is 52.6 Å². The van der Waals surface area contributed by atoms with Crippen LogP contribution < -0.4 is 4.74 Å². The monoisotopic (exact) mass is 394 g/mol. The van der Waals surface area contributed by atoms with Crippen molar-refractivity contribution >= 4 is 10.1 Å². The lowest BCUT2D eigenvalue weighted by atomic mass is 9.80. The number of hydrogen-bond donors (Lipinski definition) is 0. The molecule has 0 fully saturated rings. The van der Waals surface area contributed by atoms with Crippen LogP contribution in [0.5, 0.6) is 5.75 Å². The molecule has 0 radical (unpaired) electrons. The Balaban J connectivity index is 1.96. The van der Waals surface area contributed by atoms with Crippen LogP contribution in [-0.4, -0.2) is 14.5 Å². The minimum absolute atomic E-state index is 0.0562. The Morgan fingerprint density at radius 2 is 1.43 bits per heavy atom. The first-order valence-electron chi connectivity index (χ1n) is 9.22. The van der Waals surface area contributed by atoms with E-state index in [-0.39, 0.29) is 11.0 Å². The first-order valence-corrected chi connectivity index (χ1v) is 10.6. The minimum Gasteiger partial charge on any atom is -0.491 e. The molecule has 3 aromatic carbocycles. The highest BCUT2D eigenvalue weighted by Crippen LogP contribution is 2.50. The number of rotatable bonds is 4. The minimum atomic E-state index is -3.88. The van der Waals surface area contributed by atoms with Crippen LogP contribution >= 0.6 is 0 Å². The van der Waals surface area contributed by atoms with E-state index in [9.17, 15) is 8.42 Å². The van der Waals surface area contributed by atoms with Crippen LogP contribution in [0.25, 0.3) is 0 Å². The van der Waals surface area contributed by atoms with Crippen LogP contribution in [0.3, 0.4) is 0 Å². The summed E-state index contributed by atoms with van der Waals surface area (Å²) in [6, 6.07) is 22.2. The Bertz CT molecular complexity index is 1100. The van der Waals surface area contributed by atoms with Gasteiger partial charge in [0.2, 0.25) is 0 Å². The predicted octanol–water partition coefficient (Wildman–Crippen LogP) is 4.79. The summed E-state index contributed by atoms with van der Waals surface area (Å²) < 4.78 is 37.3. The molecule has 4 nitrogen and oxygen atoms in total. The summed E-state index contributed by atoms with van der Waals surface area (Å²) in [5.41, 5.74) is 2.00. The molecule has 1 aliphatic heterocycles. The third-order valence-corrected chi connectivity index (χ3v) is 6.23. The molecule has 28 heavy (non-hydrogen) atoms. The molecule has 1 aliphatic rings. The Morgan fingerprint density at radius 3 is 2.04 bits per heavy atom. The number of hydrogen-bond acceptors (Lipinski definition) is 4. The van der Waals surface area contributed by atoms with Gasteiger partial charge in [0.05, 0.1) is 6.10 Å². The van der Waals surface area contributed by atoms with Gasteiger partial charge in [0.25, 0.3) is 10.1 Å². The Kier molecular flexibility index (Phi) is 4.52. The zero-order valence-electron chi connectivity index (χ0n) is 16.0. The Hall–Kier alpha value is -2.63. The highest BCUT2D eigenvalue weighted by molar-refractivity contribution is 7.87. The van der Waals surface area contributed by atoms with E-state index in [0.717, 1.165) is 22.4 Å². The van der Waals surface area contributed by atoms with Crippen molar-refractivity contribution in [2.45, 2.75) is 37.4 Å². The number of benzene rings is 3. The first-order chi connectivity index (χ1) is 13.3. The van der Waals surface area contributed by atoms with E-state index < -0.39 is 15.7 Å². The van der Waals surface area contributed by atoms with E-state index in [2.05, 4.69) is 0 Å². The zero-order valence-corrected chi connectivity index (χ0v) is 16.9. The molecule has 1 unspecified atom stereocenters. The number of fused-ring (bicyclic) bond motifs is 1. The fourth-order valence-electron chi connectivity index (χ4n) is 3.63. The van der Waals surface area contributed by atoms with Gasteiger partial charge in [-0.05, 0) is 50.1 Å². The standard InChI is InChI=1S/C23H22O4S/c1-16(2)26-20-14-12-19(13-15-20)23(18-10-8-17(3)9-11-18)21-6-4-5-7-22(21)28(24,25)27-23/h4-16H,1-3H3. The lowest BCUT2D eigenvalue weighted by Crippen LogP contribution is -2.29. The molecule has 3 aromatic rings. The average Bonchev–Trinajstić information content (AvgIpc) is 2.91. The predicted molar refractivity (Wildman–Crippen MR) is 108 cm³/mol. The lowest BCUT2D eigenvalue weighted by molar-refractivity contribution is 0.180. The van der Waals surface area contributed by atoms with Gasteiger partial charge in [0, 0.05) is 5.56 Å². The second kappa shape index (κ2) is 6.76. The van der Waals surface area contributed by atoms with Crippen molar-refractivity contribution in [2.24, 2.45) is 0 Å². The SMILES string of the molecule is Cc1ccc(C2(c3ccc(OC(C)C)cc3)OS(=O)(=O)c3ccccc32)cc1. The summed E-state index contributed by atoms with van der Waals surface area (Å²) in [5.74, 6) is 0.729. The molecule has 0 saturated heterocycles. The summed E-state index contributed by atoms with van der Waals surface area (Å²) in [6.45, 7) is 5.92. The van der Waals surface area contributed by atoms with E-state index in [1.807, 2.05) is 81.4 Å². The summed E-state index contributed by atoms with van der Waals surface area (Å²) >= 11 is 0. The van der Waals surface area contributed by atoms with Crippen molar-refractivity contribution in [3.8, 4) is 5.75 Å². The highest BCUT2D eigenvalue weighted by atomic mass is 32.2. The Labute approximate surface area is 165 Å². The summed E-state index contributed by atoms with van der Waals surface area (Å²) in [6.07, 6.45) is 0.0562. The normalized spacial score (nSPS) is 20.1. The van der Waals surface area contributed by atoms with E-state index in [0.29, 0.717) is 5.56 Å². The quantitative estimate of drug-likeness (QED) is 0.597. The van der Waals surface area contributed by atoms with E-state index >= 15 is 0 Å². The first kappa shape index (κ1) is 18.7. The Morgan fingerprint density at radius 1 is 0.857 bits per heavy atom. The van der Waals surface area contributed by atoms with Crippen molar-refractivity contribution < 1.29 is 17.3 Å². The zero-order chi connectivity index (χ0) is 19.9. The molecule has 0 spiro atoms. The number of aryl methyl sites for hydroxylation is 1. The van der Waals surface area contributed by atoms with Crippen LogP contribution in [0.2, 0.25) is 0 Å². The van der Waals surface area contributed by atoms with Crippen LogP contribution in [0.1, 0.15) is 36.1 Å². The molecular formula is C23H22O4S. The fourth-order valence-corrected chi connectivity index (χ4v) is 5.06. The largest absolute Gasteiger partial charge is 0.491 e. The summed E-state index contributed by atoms with van der Waals surface area (Å²) in [7, 11) is -3.88. The molecule has 0 bridgehead atoms. The molecular weight excluding hydrogens is 372 g/mol. The van der Waals surface area contributed by atoms with Gasteiger partial charge in [-0.2, -0.15) is 8.42 Å². The second-order valence-electron chi connectivity index (χ2n) is 7.27. The van der Waals surface area contributed by atoms with Gasteiger partial charge >= 0.3 is 0 Å². The lowest BCUT2D eigenvalue weighted by Gasteiger charge is -2.29. The summed E-state index contributed by atoms with van der Waals surface area (Å²) in [5, 5.41) is 0. The maximum Gasteiger partial charge on any atom is 0.298 e. The molecule has 144 valence electrons. The molecule has 0 aromatic heterocycles. The van der Waals surface area contributed by atoms with E-state index in [1.54, 1.807) is 12.1 Å². The average molecular weight is 394 g/mol. The van der Waals surface area contributed by atoms with Gasteiger partial charge in [-0.15, -0.1) is 0 Å². The van der Waals surface area contributed by atoms with Gasteiger partial charge in [-0.1, -0.05) is 60.2 Å². The molecule has 1 atom stereocenters. The van der Waals surface area contributed by atoms with Crippen LogP contribution in [0.15, 0.2) is 77.7 Å². The van der Waals surface area contributed by atoms with Gasteiger partial charge < -0.3 is 4.74 Å². The smallest absolute Gasteiger partial charge is 0.298 e. The van der Waals surface area contributed by atoms with E-state index in [1.165, 1.54) is 0 Å². The van der Waals surface area contributed by atoms with Crippen LogP contribution in [-0.2, 0) is 19.9 Å². The molecule has 4 rings (SSSR count). The third kappa shape index (κ3) is 3.01. The van der Waals surface area contributed by atoms with E-state index in [4.69, 9.17) is 8.92 Å². The molecule has 0 N–H and O–H groups in total. The second-order valence-corrected chi connectivity index (χ2v) is 8.79. The van der Waals surface area contributed by atoms with Crippen molar-refractivity contribution in [1.29, 1.82) is 0 Å². The van der Waals surface area contributed by atoms with Crippen molar-refractivity contribution in [3.63, 3.8) is 0 Å². The highest BCUT2D eigenvalue weighted by Gasteiger charge is 2.51. The summed E-state index contributed by atoms with van der Waals surface area (Å²) in [4.78, 5) is 0.207.